The lowest BCUT2D eigenvalue weighted by atomic mass is 10.0. The van der Waals surface area contributed by atoms with E-state index in [1.54, 1.807) is 54.1 Å². The van der Waals surface area contributed by atoms with E-state index in [0.717, 1.165) is 17.5 Å². The van der Waals surface area contributed by atoms with Crippen molar-refractivity contribution in [3.8, 4) is 5.75 Å². The fraction of sp³-hybridized carbons (Fsp3) is 0.200. The van der Waals surface area contributed by atoms with E-state index in [2.05, 4.69) is 15.2 Å². The molecular weight excluding hydrogens is 487 g/mol. The normalized spacial score (nSPS) is 15.2. The summed E-state index contributed by atoms with van der Waals surface area (Å²) in [4.78, 5) is 20.0. The van der Waals surface area contributed by atoms with Crippen LogP contribution in [0.5, 0.6) is 5.75 Å². The summed E-state index contributed by atoms with van der Waals surface area (Å²) in [6, 6.07) is 7.74. The molecular formula is C25H20F3N7O2. The molecule has 2 N–H and O–H groups in total. The Morgan fingerprint density at radius 3 is 2.65 bits per heavy atom. The van der Waals surface area contributed by atoms with Gasteiger partial charge in [-0.25, -0.2) is 4.98 Å². The van der Waals surface area contributed by atoms with E-state index >= 15 is 0 Å². The first kappa shape index (κ1) is 22.8. The van der Waals surface area contributed by atoms with Crippen molar-refractivity contribution in [3.63, 3.8) is 0 Å². The number of carbonyl (C=O) groups excluding carboxylic acids is 1. The van der Waals surface area contributed by atoms with E-state index < -0.39 is 17.8 Å². The van der Waals surface area contributed by atoms with Crippen molar-refractivity contribution < 1.29 is 22.7 Å². The minimum atomic E-state index is -4.50. The molecule has 4 heterocycles. The number of nitrogens with two attached hydrogens (primary N) is 1. The van der Waals surface area contributed by atoms with Crippen LogP contribution in [0.3, 0.4) is 0 Å². The average Bonchev–Trinajstić information content (AvgIpc) is 3.58. The van der Waals surface area contributed by atoms with Crippen molar-refractivity contribution in [2.45, 2.75) is 12.2 Å². The number of fused-ring (bicyclic) bond motifs is 4. The molecule has 2 aromatic carbocycles. The summed E-state index contributed by atoms with van der Waals surface area (Å²) in [6.07, 6.45) is 0.364. The Kier molecular flexibility index (Phi) is 4.90. The summed E-state index contributed by atoms with van der Waals surface area (Å²) in [5, 5.41) is 9.91. The zero-order valence-corrected chi connectivity index (χ0v) is 19.7. The number of carbonyl (C=O) groups is 1. The number of halogens is 3. The first-order valence-corrected chi connectivity index (χ1v) is 11.3. The van der Waals surface area contributed by atoms with Crippen LogP contribution in [0, 0.1) is 0 Å². The van der Waals surface area contributed by atoms with Crippen LogP contribution in [0.2, 0.25) is 0 Å². The lowest BCUT2D eigenvalue weighted by molar-refractivity contribution is -0.137. The number of pyridine rings is 1. The van der Waals surface area contributed by atoms with Crippen LogP contribution < -0.4 is 15.4 Å². The highest BCUT2D eigenvalue weighted by Gasteiger charge is 2.38. The van der Waals surface area contributed by atoms with Gasteiger partial charge < -0.3 is 10.5 Å². The van der Waals surface area contributed by atoms with Crippen LogP contribution in [0.1, 0.15) is 27.5 Å². The third-order valence-corrected chi connectivity index (χ3v) is 6.55. The molecule has 0 saturated carbocycles. The fourth-order valence-electron chi connectivity index (χ4n) is 4.80. The molecule has 12 heteroatoms. The number of rotatable bonds is 3. The zero-order valence-electron chi connectivity index (χ0n) is 19.7. The van der Waals surface area contributed by atoms with Gasteiger partial charge in [0.2, 0.25) is 0 Å². The number of nitrogen functional groups attached to an aromatic ring is 1. The molecule has 37 heavy (non-hydrogen) atoms. The monoisotopic (exact) mass is 507 g/mol. The van der Waals surface area contributed by atoms with E-state index in [1.165, 1.54) is 17.2 Å². The third kappa shape index (κ3) is 3.63. The number of benzene rings is 2. The van der Waals surface area contributed by atoms with E-state index in [-0.39, 0.29) is 18.3 Å². The van der Waals surface area contributed by atoms with Gasteiger partial charge in [-0.1, -0.05) is 6.07 Å². The maximum Gasteiger partial charge on any atom is 0.416 e. The summed E-state index contributed by atoms with van der Waals surface area (Å²) in [7, 11) is 3.47. The number of hydrogen-bond donors (Lipinski definition) is 1. The van der Waals surface area contributed by atoms with Crippen LogP contribution in [-0.2, 0) is 20.3 Å². The van der Waals surface area contributed by atoms with Crippen molar-refractivity contribution in [3.05, 3.63) is 71.7 Å². The lowest BCUT2D eigenvalue weighted by Gasteiger charge is -2.27. The van der Waals surface area contributed by atoms with Gasteiger partial charge in [-0.3, -0.25) is 19.1 Å². The molecule has 0 bridgehead atoms. The number of hydrogen-bond acceptors (Lipinski definition) is 6. The predicted octanol–water partition coefficient (Wildman–Crippen LogP) is 4.24. The first-order chi connectivity index (χ1) is 17.6. The smallest absolute Gasteiger partial charge is 0.416 e. The van der Waals surface area contributed by atoms with E-state index in [9.17, 15) is 18.0 Å². The van der Waals surface area contributed by atoms with Crippen molar-refractivity contribution in [2.75, 3.05) is 17.2 Å². The molecule has 0 spiro atoms. The molecule has 1 aliphatic heterocycles. The van der Waals surface area contributed by atoms with Gasteiger partial charge in [0.15, 0.2) is 0 Å². The quantitative estimate of drug-likeness (QED) is 0.392. The van der Waals surface area contributed by atoms with Crippen LogP contribution in [-0.4, -0.2) is 37.1 Å². The summed E-state index contributed by atoms with van der Waals surface area (Å²) < 4.78 is 48.5. The highest BCUT2D eigenvalue weighted by Crippen LogP contribution is 2.42. The van der Waals surface area contributed by atoms with E-state index in [1.807, 2.05) is 0 Å². The Hall–Kier alpha value is -4.61. The van der Waals surface area contributed by atoms with Crippen molar-refractivity contribution >= 4 is 39.2 Å². The highest BCUT2D eigenvalue weighted by molar-refractivity contribution is 6.13. The molecule has 0 radical (unpaired) electrons. The molecule has 1 unspecified atom stereocenters. The SMILES string of the molecule is Cn1cc(N(C(=O)c2ccc3nc(N)c4c(cnn4C)c3c2)C2COc3cc(C(F)(F)F)ccc32)cn1. The Labute approximate surface area is 207 Å². The number of alkyl halides is 3. The van der Waals surface area contributed by atoms with E-state index in [4.69, 9.17) is 10.5 Å². The van der Waals surface area contributed by atoms with Gasteiger partial charge >= 0.3 is 6.18 Å². The van der Waals surface area contributed by atoms with Gasteiger partial charge in [0, 0.05) is 42.2 Å². The van der Waals surface area contributed by atoms with Crippen molar-refractivity contribution in [1.82, 2.24) is 24.5 Å². The molecule has 3 aromatic heterocycles. The van der Waals surface area contributed by atoms with Crippen molar-refractivity contribution in [1.29, 1.82) is 0 Å². The number of aromatic nitrogens is 5. The van der Waals surface area contributed by atoms with Gasteiger partial charge in [-0.05, 0) is 30.3 Å². The van der Waals surface area contributed by atoms with Gasteiger partial charge in [-0.15, -0.1) is 0 Å². The molecule has 188 valence electrons. The topological polar surface area (TPSA) is 104 Å². The maximum atomic E-state index is 14.0. The minimum absolute atomic E-state index is 0.00417. The summed E-state index contributed by atoms with van der Waals surface area (Å²) in [5.41, 5.74) is 7.88. The molecule has 1 atom stereocenters. The Bertz CT molecular complexity index is 1710. The van der Waals surface area contributed by atoms with Gasteiger partial charge in [0.05, 0.1) is 35.2 Å². The summed E-state index contributed by atoms with van der Waals surface area (Å²) in [5.74, 6) is 0.0541. The number of ether oxygens (including phenoxy) is 1. The third-order valence-electron chi connectivity index (χ3n) is 6.55. The number of amides is 1. The first-order valence-electron chi connectivity index (χ1n) is 11.3. The van der Waals surface area contributed by atoms with Crippen LogP contribution in [0.15, 0.2) is 55.0 Å². The zero-order chi connectivity index (χ0) is 26.1. The van der Waals surface area contributed by atoms with E-state index in [0.29, 0.717) is 39.1 Å². The number of aryl methyl sites for hydroxylation is 2. The van der Waals surface area contributed by atoms with Crippen LogP contribution >= 0.6 is 0 Å². The minimum Gasteiger partial charge on any atom is -0.491 e. The highest BCUT2D eigenvalue weighted by atomic mass is 19.4. The average molecular weight is 507 g/mol. The second-order valence-corrected chi connectivity index (χ2v) is 8.88. The van der Waals surface area contributed by atoms with Crippen LogP contribution in [0.4, 0.5) is 24.7 Å². The Balaban J connectivity index is 1.47. The molecule has 9 nitrogen and oxygen atoms in total. The summed E-state index contributed by atoms with van der Waals surface area (Å²) in [6.45, 7) is -0.00417. The molecule has 5 aromatic rings. The maximum absolute atomic E-state index is 14.0. The molecule has 0 fully saturated rings. The van der Waals surface area contributed by atoms with Crippen LogP contribution in [0.25, 0.3) is 21.8 Å². The standard InChI is InChI=1S/C25H20F3N7O2/c1-33-11-15(9-30-33)35(20-12-37-21-8-14(25(26,27)28)4-5-16(20)21)24(36)13-3-6-19-17(7-13)18-10-31-34(2)22(18)23(29)32-19/h3-11,20H,12H2,1-2H3,(H2,29,32). The van der Waals surface area contributed by atoms with Gasteiger partial charge in [0.1, 0.15) is 23.7 Å². The molecule has 0 saturated heterocycles. The second-order valence-electron chi connectivity index (χ2n) is 8.88. The molecule has 6 rings (SSSR count). The second kappa shape index (κ2) is 7.95. The summed E-state index contributed by atoms with van der Waals surface area (Å²) >= 11 is 0. The van der Waals surface area contributed by atoms with Crippen molar-refractivity contribution in [2.24, 2.45) is 14.1 Å². The lowest BCUT2D eigenvalue weighted by Crippen LogP contribution is -2.35. The molecule has 0 aliphatic carbocycles. The number of anilines is 2. The Morgan fingerprint density at radius 2 is 1.92 bits per heavy atom. The number of nitrogens with zero attached hydrogens (tertiary/aromatic N) is 6. The largest absolute Gasteiger partial charge is 0.491 e. The van der Waals surface area contributed by atoms with Gasteiger partial charge in [-0.2, -0.15) is 23.4 Å². The molecule has 1 amide bonds. The van der Waals surface area contributed by atoms with Gasteiger partial charge in [0.25, 0.3) is 5.91 Å². The Morgan fingerprint density at radius 1 is 1.11 bits per heavy atom. The molecule has 1 aliphatic rings. The predicted molar refractivity (Wildman–Crippen MR) is 130 cm³/mol. The fourth-order valence-corrected chi connectivity index (χ4v) is 4.80.